The van der Waals surface area contributed by atoms with Gasteiger partial charge < -0.3 is 15.4 Å². The first-order chi connectivity index (χ1) is 10.4. The van der Waals surface area contributed by atoms with Gasteiger partial charge in [-0.25, -0.2) is 4.79 Å². The largest absolute Gasteiger partial charge is 0.465 e. The van der Waals surface area contributed by atoms with Crippen molar-refractivity contribution in [1.29, 1.82) is 0 Å². The zero-order valence-electron chi connectivity index (χ0n) is 12.9. The van der Waals surface area contributed by atoms with Gasteiger partial charge in [-0.05, 0) is 37.7 Å². The van der Waals surface area contributed by atoms with Crippen LogP contribution in [0.3, 0.4) is 0 Å². The van der Waals surface area contributed by atoms with E-state index in [1.165, 1.54) is 18.4 Å². The number of thiocarbonyl (C=S) groups is 1. The summed E-state index contributed by atoms with van der Waals surface area (Å²) in [4.78, 5) is 13.0. The molecule has 0 bridgehead atoms. The number of methoxy groups -OCH3 is 1. The molecule has 0 saturated carbocycles. The predicted octanol–water partition coefficient (Wildman–Crippen LogP) is 2.37. The third-order valence-corrected chi connectivity index (χ3v) is 4.57. The number of carbonyl (C=O) groups excluding carboxylic acids is 1. The fraction of sp³-hybridized carbons (Fsp3) is 0.357. The zero-order valence-corrected chi connectivity index (χ0v) is 14.5. The SMILES string of the molecule is COC(=O)c1c(NC(=S)NCc2ccn(C)n2)sc(C)c1C. The summed E-state index contributed by atoms with van der Waals surface area (Å²) >= 11 is 6.75. The Balaban J connectivity index is 2.05. The topological polar surface area (TPSA) is 68.2 Å². The minimum absolute atomic E-state index is 0.364. The van der Waals surface area contributed by atoms with E-state index < -0.39 is 0 Å². The van der Waals surface area contributed by atoms with Crippen LogP contribution in [-0.4, -0.2) is 28.0 Å². The molecule has 2 aromatic rings. The molecule has 0 atom stereocenters. The number of rotatable bonds is 4. The van der Waals surface area contributed by atoms with Gasteiger partial charge in [0.25, 0.3) is 0 Å². The number of esters is 1. The van der Waals surface area contributed by atoms with Crippen LogP contribution in [0, 0.1) is 13.8 Å². The monoisotopic (exact) mass is 338 g/mol. The molecule has 0 unspecified atom stereocenters. The van der Waals surface area contributed by atoms with Crippen LogP contribution in [0.25, 0.3) is 0 Å². The molecule has 0 radical (unpaired) electrons. The van der Waals surface area contributed by atoms with Gasteiger partial charge in [0.2, 0.25) is 0 Å². The Morgan fingerprint density at radius 2 is 2.23 bits per heavy atom. The van der Waals surface area contributed by atoms with Gasteiger partial charge in [-0.2, -0.15) is 5.10 Å². The van der Waals surface area contributed by atoms with Crippen molar-refractivity contribution in [3.63, 3.8) is 0 Å². The molecule has 0 aliphatic carbocycles. The molecular weight excluding hydrogens is 320 g/mol. The second-order valence-electron chi connectivity index (χ2n) is 4.77. The number of nitrogens with zero attached hydrogens (tertiary/aromatic N) is 2. The second-order valence-corrected chi connectivity index (χ2v) is 6.40. The van der Waals surface area contributed by atoms with E-state index in [1.807, 2.05) is 33.2 Å². The lowest BCUT2D eigenvalue weighted by Crippen LogP contribution is -2.28. The number of aryl methyl sites for hydroxylation is 2. The molecule has 0 fully saturated rings. The lowest BCUT2D eigenvalue weighted by molar-refractivity contribution is 0.0601. The van der Waals surface area contributed by atoms with Gasteiger partial charge >= 0.3 is 5.97 Å². The van der Waals surface area contributed by atoms with Crippen molar-refractivity contribution >= 4 is 39.6 Å². The lowest BCUT2D eigenvalue weighted by atomic mass is 10.1. The Hall–Kier alpha value is -1.93. The fourth-order valence-electron chi connectivity index (χ4n) is 1.94. The molecule has 118 valence electrons. The molecule has 0 amide bonds. The van der Waals surface area contributed by atoms with E-state index in [0.717, 1.165) is 16.1 Å². The second kappa shape index (κ2) is 6.89. The Morgan fingerprint density at radius 1 is 1.50 bits per heavy atom. The smallest absolute Gasteiger partial charge is 0.341 e. The Bertz CT molecular complexity index is 706. The van der Waals surface area contributed by atoms with Crippen molar-refractivity contribution in [2.24, 2.45) is 7.05 Å². The van der Waals surface area contributed by atoms with Gasteiger partial charge in [0.15, 0.2) is 5.11 Å². The average Bonchev–Trinajstić information content (AvgIpc) is 3.01. The summed E-state index contributed by atoms with van der Waals surface area (Å²) in [6, 6.07) is 1.91. The summed E-state index contributed by atoms with van der Waals surface area (Å²) in [7, 11) is 3.23. The summed E-state index contributed by atoms with van der Waals surface area (Å²) in [5.74, 6) is -0.364. The molecule has 0 spiro atoms. The van der Waals surface area contributed by atoms with E-state index in [-0.39, 0.29) is 5.97 Å². The molecule has 0 aliphatic heterocycles. The number of anilines is 1. The van der Waals surface area contributed by atoms with Gasteiger partial charge in [-0.3, -0.25) is 4.68 Å². The molecule has 0 aliphatic rings. The molecule has 2 aromatic heterocycles. The van der Waals surface area contributed by atoms with Crippen LogP contribution in [0.2, 0.25) is 0 Å². The molecule has 6 nitrogen and oxygen atoms in total. The minimum Gasteiger partial charge on any atom is -0.465 e. The Morgan fingerprint density at radius 3 is 2.82 bits per heavy atom. The number of nitrogens with one attached hydrogen (secondary N) is 2. The van der Waals surface area contributed by atoms with E-state index >= 15 is 0 Å². The highest BCUT2D eigenvalue weighted by Crippen LogP contribution is 2.32. The van der Waals surface area contributed by atoms with E-state index in [1.54, 1.807) is 4.68 Å². The van der Waals surface area contributed by atoms with Crippen molar-refractivity contribution in [2.45, 2.75) is 20.4 Å². The van der Waals surface area contributed by atoms with E-state index in [9.17, 15) is 4.79 Å². The van der Waals surface area contributed by atoms with Crippen LogP contribution in [0.15, 0.2) is 12.3 Å². The molecule has 2 N–H and O–H groups in total. The molecule has 0 aromatic carbocycles. The van der Waals surface area contributed by atoms with Gasteiger partial charge in [-0.1, -0.05) is 0 Å². The van der Waals surface area contributed by atoms with Crippen LogP contribution in [-0.2, 0) is 18.3 Å². The first-order valence-electron chi connectivity index (χ1n) is 6.64. The summed E-state index contributed by atoms with van der Waals surface area (Å²) in [6.45, 7) is 4.37. The summed E-state index contributed by atoms with van der Waals surface area (Å²) in [6.07, 6.45) is 1.87. The van der Waals surface area contributed by atoms with Gasteiger partial charge in [0, 0.05) is 18.1 Å². The maximum absolute atomic E-state index is 11.9. The van der Waals surface area contributed by atoms with Gasteiger partial charge in [0.05, 0.1) is 24.9 Å². The first kappa shape index (κ1) is 16.4. The quantitative estimate of drug-likeness (QED) is 0.659. The zero-order chi connectivity index (χ0) is 16.3. The number of hydrogen-bond donors (Lipinski definition) is 2. The van der Waals surface area contributed by atoms with E-state index in [2.05, 4.69) is 15.7 Å². The summed E-state index contributed by atoms with van der Waals surface area (Å²) < 4.78 is 6.57. The highest BCUT2D eigenvalue weighted by Gasteiger charge is 2.20. The lowest BCUT2D eigenvalue weighted by Gasteiger charge is -2.09. The Labute approximate surface area is 138 Å². The van der Waals surface area contributed by atoms with Crippen LogP contribution in [0.5, 0.6) is 0 Å². The van der Waals surface area contributed by atoms with E-state index in [0.29, 0.717) is 22.2 Å². The number of carbonyl (C=O) groups is 1. The number of thiophene rings is 1. The molecule has 0 saturated heterocycles. The molecular formula is C14H18N4O2S2. The first-order valence-corrected chi connectivity index (χ1v) is 7.86. The highest BCUT2D eigenvalue weighted by atomic mass is 32.1. The van der Waals surface area contributed by atoms with Crippen LogP contribution >= 0.6 is 23.6 Å². The third-order valence-electron chi connectivity index (χ3n) is 3.20. The maximum atomic E-state index is 11.9. The van der Waals surface area contributed by atoms with Crippen molar-refractivity contribution in [3.05, 3.63) is 34.0 Å². The van der Waals surface area contributed by atoms with Crippen molar-refractivity contribution < 1.29 is 9.53 Å². The summed E-state index contributed by atoms with van der Waals surface area (Å²) in [5.41, 5.74) is 2.33. The Kier molecular flexibility index (Phi) is 5.15. The van der Waals surface area contributed by atoms with Crippen LogP contribution in [0.1, 0.15) is 26.5 Å². The number of hydrogen-bond acceptors (Lipinski definition) is 5. The van der Waals surface area contributed by atoms with Crippen LogP contribution in [0.4, 0.5) is 5.00 Å². The van der Waals surface area contributed by atoms with E-state index in [4.69, 9.17) is 17.0 Å². The average molecular weight is 338 g/mol. The molecule has 2 heterocycles. The standard InChI is InChI=1S/C14H18N4O2S2/c1-8-9(2)22-12(11(8)13(19)20-4)16-14(21)15-7-10-5-6-18(3)17-10/h5-6H,7H2,1-4H3,(H2,15,16,21). The molecule has 2 rings (SSSR count). The maximum Gasteiger partial charge on any atom is 0.341 e. The van der Waals surface area contributed by atoms with Crippen molar-refractivity contribution in [1.82, 2.24) is 15.1 Å². The minimum atomic E-state index is -0.364. The molecule has 8 heteroatoms. The molecule has 22 heavy (non-hydrogen) atoms. The van der Waals surface area contributed by atoms with Gasteiger partial charge in [-0.15, -0.1) is 11.3 Å². The number of aromatic nitrogens is 2. The summed E-state index contributed by atoms with van der Waals surface area (Å²) in [5, 5.41) is 11.5. The fourth-order valence-corrected chi connectivity index (χ4v) is 3.23. The predicted molar refractivity (Wildman–Crippen MR) is 91.4 cm³/mol. The van der Waals surface area contributed by atoms with Gasteiger partial charge in [0.1, 0.15) is 5.00 Å². The van der Waals surface area contributed by atoms with Crippen molar-refractivity contribution in [3.8, 4) is 0 Å². The number of ether oxygens (including phenoxy) is 1. The third kappa shape index (κ3) is 3.63. The normalized spacial score (nSPS) is 10.4. The highest BCUT2D eigenvalue weighted by molar-refractivity contribution is 7.80. The van der Waals surface area contributed by atoms with Crippen LogP contribution < -0.4 is 10.6 Å². The van der Waals surface area contributed by atoms with Crippen molar-refractivity contribution in [2.75, 3.05) is 12.4 Å².